The van der Waals surface area contributed by atoms with E-state index in [1.807, 2.05) is 18.2 Å². The van der Waals surface area contributed by atoms with E-state index < -0.39 is 0 Å². The molecule has 0 saturated heterocycles. The maximum atomic E-state index is 3.66. The summed E-state index contributed by atoms with van der Waals surface area (Å²) in [6.45, 7) is 19.2. The Bertz CT molecular complexity index is 145. The molecule has 0 saturated carbocycles. The number of allylic oxidation sites excluding steroid dienone is 3. The van der Waals surface area contributed by atoms with Crippen molar-refractivity contribution in [1.82, 2.24) is 0 Å². The van der Waals surface area contributed by atoms with Crippen LogP contribution >= 0.6 is 0 Å². The van der Waals surface area contributed by atoms with Crippen molar-refractivity contribution in [3.05, 3.63) is 51.1 Å². The molecule has 0 fully saturated rings. The maximum Gasteiger partial charge on any atom is -0.0353 e. The predicted molar refractivity (Wildman–Crippen MR) is 89.1 cm³/mol. The minimum atomic E-state index is 1.15. The van der Waals surface area contributed by atoms with Gasteiger partial charge in [-0.2, -0.15) is 0 Å². The van der Waals surface area contributed by atoms with Gasteiger partial charge in [0.2, 0.25) is 0 Å². The Morgan fingerprint density at radius 3 is 1.22 bits per heavy atom. The fraction of sp³-hybridized carbons (Fsp3) is 0.556. The minimum Gasteiger partial charge on any atom is -0.106 e. The Balaban J connectivity index is -0.000000219. The van der Waals surface area contributed by atoms with Gasteiger partial charge < -0.3 is 0 Å². The zero-order valence-electron chi connectivity index (χ0n) is 12.6. The quantitative estimate of drug-likeness (QED) is 0.293. The third-order valence-electron chi connectivity index (χ3n) is 2.33. The van der Waals surface area contributed by atoms with Crippen molar-refractivity contribution in [2.45, 2.75) is 64.7 Å². The van der Waals surface area contributed by atoms with Gasteiger partial charge in [0.15, 0.2) is 0 Å². The summed E-state index contributed by atoms with van der Waals surface area (Å²) in [6, 6.07) is 0. The topological polar surface area (TPSA) is 0 Å². The maximum absolute atomic E-state index is 3.66. The van der Waals surface area contributed by atoms with Gasteiger partial charge in [-0.25, -0.2) is 0 Å². The molecule has 0 amide bonds. The molecule has 0 heterocycles. The highest BCUT2D eigenvalue weighted by molar-refractivity contribution is 4.69. The molecule has 0 aromatic heterocycles. The van der Waals surface area contributed by atoms with E-state index in [2.05, 4.69) is 39.8 Å². The summed E-state index contributed by atoms with van der Waals surface area (Å²) in [5.74, 6) is 0. The fourth-order valence-electron chi connectivity index (χ4n) is 1.29. The normalized spacial score (nSPS) is 8.06. The number of rotatable bonds is 10. The molecule has 0 heteroatoms. The molecule has 18 heavy (non-hydrogen) atoms. The molecular formula is C18H34. The van der Waals surface area contributed by atoms with Crippen molar-refractivity contribution in [3.8, 4) is 0 Å². The van der Waals surface area contributed by atoms with Gasteiger partial charge in [-0.05, 0) is 38.5 Å². The van der Waals surface area contributed by atoms with Crippen LogP contribution in [-0.4, -0.2) is 0 Å². The van der Waals surface area contributed by atoms with Crippen molar-refractivity contribution >= 4 is 0 Å². The van der Waals surface area contributed by atoms with Crippen molar-refractivity contribution in [2.75, 3.05) is 0 Å². The molecule has 106 valence electrons. The molecule has 0 unspecified atom stereocenters. The smallest absolute Gasteiger partial charge is 0.0353 e. The number of hydrogen-bond donors (Lipinski definition) is 0. The van der Waals surface area contributed by atoms with Crippen LogP contribution in [0.4, 0.5) is 0 Å². The molecule has 0 rings (SSSR count). The van der Waals surface area contributed by atoms with E-state index in [1.54, 1.807) is 0 Å². The fourth-order valence-corrected chi connectivity index (χ4v) is 1.29. The molecule has 0 bridgehead atoms. The molecule has 0 atom stereocenters. The van der Waals surface area contributed by atoms with Gasteiger partial charge in [0.1, 0.15) is 0 Å². The van der Waals surface area contributed by atoms with E-state index >= 15 is 0 Å². The SMILES string of the molecule is C=C.C=CCCCCC=C.C=CCCCCCC. The lowest BCUT2D eigenvalue weighted by atomic mass is 10.2. The highest BCUT2D eigenvalue weighted by Gasteiger charge is 1.81. The van der Waals surface area contributed by atoms with Crippen LogP contribution in [0.25, 0.3) is 0 Å². The first-order valence-corrected chi connectivity index (χ1v) is 7.16. The van der Waals surface area contributed by atoms with Crippen LogP contribution < -0.4 is 0 Å². The van der Waals surface area contributed by atoms with Gasteiger partial charge in [-0.1, -0.05) is 44.4 Å². The van der Waals surface area contributed by atoms with Gasteiger partial charge in [0, 0.05) is 0 Å². The van der Waals surface area contributed by atoms with Gasteiger partial charge in [-0.15, -0.1) is 32.9 Å². The largest absolute Gasteiger partial charge is 0.106 e. The molecule has 0 aliphatic rings. The number of hydrogen-bond acceptors (Lipinski definition) is 0. The first-order chi connectivity index (χ1) is 8.83. The summed E-state index contributed by atoms with van der Waals surface area (Å²) in [7, 11) is 0. The van der Waals surface area contributed by atoms with E-state index in [0.29, 0.717) is 0 Å². The summed E-state index contributed by atoms with van der Waals surface area (Å²) in [6.07, 6.45) is 17.3. The van der Waals surface area contributed by atoms with E-state index in [4.69, 9.17) is 0 Å². The molecule has 0 spiro atoms. The first kappa shape index (κ1) is 22.2. The Labute approximate surface area is 116 Å². The molecule has 0 radical (unpaired) electrons. The minimum absolute atomic E-state index is 1.15. The van der Waals surface area contributed by atoms with Crippen LogP contribution in [-0.2, 0) is 0 Å². The van der Waals surface area contributed by atoms with Crippen LogP contribution in [0.3, 0.4) is 0 Å². The highest BCUT2D eigenvalue weighted by atomic mass is 13.9. The monoisotopic (exact) mass is 250 g/mol. The van der Waals surface area contributed by atoms with Crippen molar-refractivity contribution in [3.63, 3.8) is 0 Å². The van der Waals surface area contributed by atoms with Crippen LogP contribution in [0.5, 0.6) is 0 Å². The second kappa shape index (κ2) is 29.7. The lowest BCUT2D eigenvalue weighted by Crippen LogP contribution is -1.71. The molecular weight excluding hydrogens is 216 g/mol. The predicted octanol–water partition coefficient (Wildman–Crippen LogP) is 6.86. The van der Waals surface area contributed by atoms with E-state index in [0.717, 1.165) is 12.8 Å². The molecule has 0 nitrogen and oxygen atoms in total. The highest BCUT2D eigenvalue weighted by Crippen LogP contribution is 2.01. The van der Waals surface area contributed by atoms with Crippen LogP contribution in [0, 0.1) is 0 Å². The Morgan fingerprint density at radius 1 is 0.611 bits per heavy atom. The Kier molecular flexibility index (Phi) is 36.6. The molecule has 0 aromatic rings. The third-order valence-corrected chi connectivity index (χ3v) is 2.33. The lowest BCUT2D eigenvalue weighted by molar-refractivity contribution is 0.675. The summed E-state index contributed by atoms with van der Waals surface area (Å²) >= 11 is 0. The van der Waals surface area contributed by atoms with Crippen LogP contribution in [0.1, 0.15) is 64.7 Å². The van der Waals surface area contributed by atoms with E-state index in [9.17, 15) is 0 Å². The average Bonchev–Trinajstić information content (AvgIpc) is 2.43. The standard InChI is InChI=1S/C8H16.C8H14.C2H4/c2*1-3-5-7-8-6-4-2;1-2/h3H,1,4-8H2,2H3;3-4H,1-2,5-8H2;1-2H2. The van der Waals surface area contributed by atoms with E-state index in [-0.39, 0.29) is 0 Å². The van der Waals surface area contributed by atoms with Crippen molar-refractivity contribution in [2.24, 2.45) is 0 Å². The van der Waals surface area contributed by atoms with E-state index in [1.165, 1.54) is 44.9 Å². The van der Waals surface area contributed by atoms with Crippen LogP contribution in [0.2, 0.25) is 0 Å². The Hall–Kier alpha value is -1.04. The van der Waals surface area contributed by atoms with Gasteiger partial charge in [-0.3, -0.25) is 0 Å². The molecule has 0 N–H and O–H groups in total. The summed E-state index contributed by atoms with van der Waals surface area (Å²) in [4.78, 5) is 0. The average molecular weight is 250 g/mol. The summed E-state index contributed by atoms with van der Waals surface area (Å²) in [5.41, 5.74) is 0. The zero-order valence-corrected chi connectivity index (χ0v) is 12.6. The molecule has 0 aliphatic carbocycles. The second-order valence-electron chi connectivity index (χ2n) is 4.00. The molecule has 0 aromatic carbocycles. The second-order valence-corrected chi connectivity index (χ2v) is 4.00. The first-order valence-electron chi connectivity index (χ1n) is 7.16. The third kappa shape index (κ3) is 36.3. The number of unbranched alkanes of at least 4 members (excludes halogenated alkanes) is 7. The van der Waals surface area contributed by atoms with Gasteiger partial charge in [0.25, 0.3) is 0 Å². The zero-order chi connectivity index (χ0) is 14.5. The van der Waals surface area contributed by atoms with Crippen molar-refractivity contribution in [1.29, 1.82) is 0 Å². The molecule has 0 aliphatic heterocycles. The van der Waals surface area contributed by atoms with Gasteiger partial charge in [0.05, 0.1) is 0 Å². The van der Waals surface area contributed by atoms with Gasteiger partial charge >= 0.3 is 0 Å². The summed E-state index contributed by atoms with van der Waals surface area (Å²) < 4.78 is 0. The van der Waals surface area contributed by atoms with Crippen LogP contribution in [0.15, 0.2) is 51.1 Å². The Morgan fingerprint density at radius 2 is 0.944 bits per heavy atom. The van der Waals surface area contributed by atoms with Crippen molar-refractivity contribution < 1.29 is 0 Å². The lowest BCUT2D eigenvalue weighted by Gasteiger charge is -1.91. The summed E-state index contributed by atoms with van der Waals surface area (Å²) in [5, 5.41) is 0.